The maximum absolute atomic E-state index is 12.5. The number of rotatable bonds is 8. The van der Waals surface area contributed by atoms with E-state index in [4.69, 9.17) is 4.74 Å². The van der Waals surface area contributed by atoms with E-state index in [2.05, 4.69) is 27.1 Å². The summed E-state index contributed by atoms with van der Waals surface area (Å²) in [5.41, 5.74) is 0.691. The highest BCUT2D eigenvalue weighted by atomic mass is 16.5. The van der Waals surface area contributed by atoms with Crippen LogP contribution in [0.3, 0.4) is 0 Å². The summed E-state index contributed by atoms with van der Waals surface area (Å²) in [7, 11) is 0. The van der Waals surface area contributed by atoms with E-state index in [1.54, 1.807) is 10.9 Å². The first-order valence-corrected chi connectivity index (χ1v) is 9.38. The molecule has 0 saturated carbocycles. The highest BCUT2D eigenvalue weighted by Gasteiger charge is 2.23. The van der Waals surface area contributed by atoms with Crippen molar-refractivity contribution in [3.63, 3.8) is 0 Å². The van der Waals surface area contributed by atoms with Crippen LogP contribution in [0.2, 0.25) is 0 Å². The van der Waals surface area contributed by atoms with E-state index >= 15 is 0 Å². The van der Waals surface area contributed by atoms with Gasteiger partial charge in [-0.2, -0.15) is 0 Å². The number of nitrogens with one attached hydrogen (secondary N) is 1. The number of hydrogen-bond acceptors (Lipinski definition) is 5. The third kappa shape index (κ3) is 5.40. The number of likely N-dealkylation sites (tertiary alicyclic amines) is 1. The minimum atomic E-state index is -0.408. The van der Waals surface area contributed by atoms with Gasteiger partial charge in [0.2, 0.25) is 5.91 Å². The molecule has 3 rings (SSSR count). The Morgan fingerprint density at radius 1 is 1.37 bits per heavy atom. The van der Waals surface area contributed by atoms with Crippen molar-refractivity contribution in [2.45, 2.75) is 38.5 Å². The molecule has 144 valence electrons. The largest absolute Gasteiger partial charge is 0.487 e. The number of nitrogens with zero attached hydrogens (tertiary/aromatic N) is 4. The van der Waals surface area contributed by atoms with Crippen LogP contribution in [0.15, 0.2) is 49.2 Å². The van der Waals surface area contributed by atoms with Gasteiger partial charge in [0.15, 0.2) is 0 Å². The SMILES string of the molecule is C=CCN1CCC(NC(=O)[C@@H](C)n2cc(COc3ccccc3)nn2)CC1. The zero-order valence-corrected chi connectivity index (χ0v) is 15.8. The van der Waals surface area contributed by atoms with Crippen molar-refractivity contribution in [3.05, 3.63) is 54.9 Å². The summed E-state index contributed by atoms with van der Waals surface area (Å²) < 4.78 is 7.26. The van der Waals surface area contributed by atoms with Gasteiger partial charge in [0.05, 0.1) is 6.20 Å². The minimum Gasteiger partial charge on any atom is -0.487 e. The molecule has 1 amide bonds. The van der Waals surface area contributed by atoms with Crippen molar-refractivity contribution in [2.75, 3.05) is 19.6 Å². The summed E-state index contributed by atoms with van der Waals surface area (Å²) in [6.45, 7) is 8.80. The first-order chi connectivity index (χ1) is 13.2. The maximum atomic E-state index is 12.5. The lowest BCUT2D eigenvalue weighted by Crippen LogP contribution is -2.46. The molecule has 0 unspecified atom stereocenters. The molecular formula is C20H27N5O2. The zero-order chi connectivity index (χ0) is 19.1. The Labute approximate surface area is 160 Å². The summed E-state index contributed by atoms with van der Waals surface area (Å²) in [5, 5.41) is 11.3. The molecule has 2 heterocycles. The fourth-order valence-electron chi connectivity index (χ4n) is 3.13. The maximum Gasteiger partial charge on any atom is 0.244 e. The molecule has 1 N–H and O–H groups in total. The van der Waals surface area contributed by atoms with Gasteiger partial charge in [-0.15, -0.1) is 11.7 Å². The second kappa shape index (κ2) is 9.32. The van der Waals surface area contributed by atoms with Gasteiger partial charge in [0, 0.05) is 25.7 Å². The van der Waals surface area contributed by atoms with Crippen LogP contribution in [0.4, 0.5) is 0 Å². The Kier molecular flexibility index (Phi) is 6.59. The summed E-state index contributed by atoms with van der Waals surface area (Å²) in [5.74, 6) is 0.748. The van der Waals surface area contributed by atoms with Gasteiger partial charge >= 0.3 is 0 Å². The molecular weight excluding hydrogens is 342 g/mol. The average Bonchev–Trinajstić information content (AvgIpc) is 3.17. The highest BCUT2D eigenvalue weighted by Crippen LogP contribution is 2.14. The Balaban J connectivity index is 1.47. The molecule has 1 fully saturated rings. The van der Waals surface area contributed by atoms with Crippen LogP contribution in [-0.2, 0) is 11.4 Å². The van der Waals surface area contributed by atoms with Crippen LogP contribution in [-0.4, -0.2) is 51.5 Å². The van der Waals surface area contributed by atoms with Crippen LogP contribution in [0.1, 0.15) is 31.5 Å². The number of carbonyl (C=O) groups is 1. The number of amides is 1. The molecule has 0 aliphatic carbocycles. The quantitative estimate of drug-likeness (QED) is 0.722. The smallest absolute Gasteiger partial charge is 0.244 e. The summed E-state index contributed by atoms with van der Waals surface area (Å²) in [6.07, 6.45) is 5.60. The molecule has 7 nitrogen and oxygen atoms in total. The van der Waals surface area contributed by atoms with E-state index in [9.17, 15) is 4.79 Å². The fourth-order valence-corrected chi connectivity index (χ4v) is 3.13. The third-order valence-electron chi connectivity index (χ3n) is 4.79. The third-order valence-corrected chi connectivity index (χ3v) is 4.79. The monoisotopic (exact) mass is 369 g/mol. The van der Waals surface area contributed by atoms with E-state index < -0.39 is 6.04 Å². The van der Waals surface area contributed by atoms with Gasteiger partial charge < -0.3 is 10.1 Å². The number of carbonyl (C=O) groups excluding carboxylic acids is 1. The van der Waals surface area contributed by atoms with Gasteiger partial charge in [-0.3, -0.25) is 9.69 Å². The van der Waals surface area contributed by atoms with Crippen LogP contribution in [0, 0.1) is 0 Å². The molecule has 0 bridgehead atoms. The van der Waals surface area contributed by atoms with E-state index in [-0.39, 0.29) is 11.9 Å². The molecule has 27 heavy (non-hydrogen) atoms. The molecule has 1 aromatic carbocycles. The normalized spacial score (nSPS) is 16.6. The molecule has 1 aliphatic rings. The van der Waals surface area contributed by atoms with Crippen molar-refractivity contribution in [3.8, 4) is 5.75 Å². The lowest BCUT2D eigenvalue weighted by Gasteiger charge is -2.32. The van der Waals surface area contributed by atoms with E-state index in [0.29, 0.717) is 12.3 Å². The lowest BCUT2D eigenvalue weighted by atomic mass is 10.0. The molecule has 1 aliphatic heterocycles. The van der Waals surface area contributed by atoms with E-state index in [0.717, 1.165) is 38.2 Å². The van der Waals surface area contributed by atoms with Gasteiger partial charge in [-0.05, 0) is 31.9 Å². The standard InChI is InChI=1S/C20H27N5O2/c1-3-11-24-12-9-17(10-13-24)21-20(26)16(2)25-14-18(22-23-25)15-27-19-7-5-4-6-8-19/h3-8,14,16-17H,1,9-13,15H2,2H3,(H,21,26)/t16-/m1/s1. The Morgan fingerprint density at radius 3 is 2.81 bits per heavy atom. The average molecular weight is 369 g/mol. The van der Waals surface area contributed by atoms with Gasteiger partial charge in [0.1, 0.15) is 24.1 Å². The number of piperidine rings is 1. The van der Waals surface area contributed by atoms with Crippen molar-refractivity contribution in [1.29, 1.82) is 0 Å². The van der Waals surface area contributed by atoms with Gasteiger partial charge in [-0.1, -0.05) is 29.5 Å². The number of aromatic nitrogens is 3. The molecule has 1 saturated heterocycles. The van der Waals surface area contributed by atoms with E-state index in [1.807, 2.05) is 43.3 Å². The summed E-state index contributed by atoms with van der Waals surface area (Å²) in [6, 6.07) is 9.36. The fraction of sp³-hybridized carbons (Fsp3) is 0.450. The molecule has 7 heteroatoms. The lowest BCUT2D eigenvalue weighted by molar-refractivity contribution is -0.125. The Bertz CT molecular complexity index is 738. The van der Waals surface area contributed by atoms with Crippen molar-refractivity contribution in [2.24, 2.45) is 0 Å². The number of para-hydroxylation sites is 1. The first kappa shape index (κ1) is 19.1. The molecule has 1 aromatic heterocycles. The van der Waals surface area contributed by atoms with Crippen LogP contribution < -0.4 is 10.1 Å². The van der Waals surface area contributed by atoms with Gasteiger partial charge in [-0.25, -0.2) is 4.68 Å². The molecule has 0 radical (unpaired) electrons. The Hall–Kier alpha value is -2.67. The van der Waals surface area contributed by atoms with Crippen LogP contribution in [0.5, 0.6) is 5.75 Å². The van der Waals surface area contributed by atoms with Crippen molar-refractivity contribution >= 4 is 5.91 Å². The summed E-state index contributed by atoms with van der Waals surface area (Å²) in [4.78, 5) is 14.9. The zero-order valence-electron chi connectivity index (χ0n) is 15.8. The predicted octanol–water partition coefficient (Wildman–Crippen LogP) is 2.18. The van der Waals surface area contributed by atoms with Crippen LogP contribution >= 0.6 is 0 Å². The predicted molar refractivity (Wildman–Crippen MR) is 103 cm³/mol. The van der Waals surface area contributed by atoms with Crippen molar-refractivity contribution < 1.29 is 9.53 Å². The van der Waals surface area contributed by atoms with Gasteiger partial charge in [0.25, 0.3) is 0 Å². The highest BCUT2D eigenvalue weighted by molar-refractivity contribution is 5.80. The van der Waals surface area contributed by atoms with Crippen molar-refractivity contribution in [1.82, 2.24) is 25.2 Å². The first-order valence-electron chi connectivity index (χ1n) is 9.38. The molecule has 1 atom stereocenters. The number of benzene rings is 1. The minimum absolute atomic E-state index is 0.0300. The van der Waals surface area contributed by atoms with E-state index in [1.165, 1.54) is 0 Å². The molecule has 2 aromatic rings. The van der Waals surface area contributed by atoms with Crippen LogP contribution in [0.25, 0.3) is 0 Å². The second-order valence-electron chi connectivity index (χ2n) is 6.84. The number of hydrogen-bond donors (Lipinski definition) is 1. The Morgan fingerprint density at radius 2 is 2.11 bits per heavy atom. The topological polar surface area (TPSA) is 72.3 Å². The molecule has 0 spiro atoms. The second-order valence-corrected chi connectivity index (χ2v) is 6.84. The number of ether oxygens (including phenoxy) is 1. The summed E-state index contributed by atoms with van der Waals surface area (Å²) >= 11 is 0.